The van der Waals surface area contributed by atoms with Gasteiger partial charge >= 0.3 is 6.09 Å². The minimum atomic E-state index is -0.436. The van der Waals surface area contributed by atoms with Crippen molar-refractivity contribution in [3.63, 3.8) is 0 Å². The predicted molar refractivity (Wildman–Crippen MR) is 104 cm³/mol. The number of unbranched alkanes of at least 4 members (excludes halogenated alkanes) is 1. The third kappa shape index (κ3) is 6.77. The zero-order valence-electron chi connectivity index (χ0n) is 16.8. The van der Waals surface area contributed by atoms with Crippen LogP contribution in [0.4, 0.5) is 4.79 Å². The van der Waals surface area contributed by atoms with E-state index in [9.17, 15) is 9.59 Å². The smallest absolute Gasteiger partial charge is 0.410 e. The number of rotatable bonds is 6. The second kappa shape index (κ2) is 10.1. The Balaban J connectivity index is 1.89. The summed E-state index contributed by atoms with van der Waals surface area (Å²) in [5, 5.41) is 0. The molecule has 2 rings (SSSR count). The van der Waals surface area contributed by atoms with E-state index in [1.807, 2.05) is 31.6 Å². The van der Waals surface area contributed by atoms with Crippen LogP contribution in [0.2, 0.25) is 0 Å². The van der Waals surface area contributed by atoms with Crippen LogP contribution in [-0.4, -0.2) is 59.2 Å². The maximum atomic E-state index is 12.3. The third-order valence-electron chi connectivity index (χ3n) is 5.48. The molecule has 5 nitrogen and oxygen atoms in total. The quantitative estimate of drug-likeness (QED) is 0.524. The van der Waals surface area contributed by atoms with Gasteiger partial charge in [0.2, 0.25) is 0 Å². The van der Waals surface area contributed by atoms with Gasteiger partial charge in [-0.25, -0.2) is 9.59 Å². The monoisotopic (exact) mass is 364 g/mol. The normalized spacial score (nSPS) is 20.1. The van der Waals surface area contributed by atoms with Crippen molar-refractivity contribution in [2.75, 3.05) is 19.6 Å². The summed E-state index contributed by atoms with van der Waals surface area (Å²) in [5.74, 6) is 1.89. The molecule has 26 heavy (non-hydrogen) atoms. The molecule has 1 saturated heterocycles. The molecule has 1 amide bonds. The minimum absolute atomic E-state index is 0.184. The molecule has 2 aliphatic rings. The molecule has 0 aromatic rings. The summed E-state index contributed by atoms with van der Waals surface area (Å²) >= 11 is 0. The number of ether oxygens (including phenoxy) is 1. The summed E-state index contributed by atoms with van der Waals surface area (Å²) in [4.78, 5) is 27.2. The van der Waals surface area contributed by atoms with Crippen molar-refractivity contribution in [1.82, 2.24) is 9.80 Å². The summed E-state index contributed by atoms with van der Waals surface area (Å²) in [5.41, 5.74) is -0.436. The molecular formula is C21H36N2O3. The molecule has 0 aromatic heterocycles. The third-order valence-corrected chi connectivity index (χ3v) is 5.48. The average Bonchev–Trinajstić information content (AvgIpc) is 2.61. The zero-order valence-corrected chi connectivity index (χ0v) is 16.8. The fourth-order valence-electron chi connectivity index (χ4n) is 4.22. The lowest BCUT2D eigenvalue weighted by Crippen LogP contribution is -2.51. The Bertz CT molecular complexity index is 480. The first-order valence-electron chi connectivity index (χ1n) is 10.3. The Hall–Kier alpha value is -1.32. The summed E-state index contributed by atoms with van der Waals surface area (Å²) in [6, 6.07) is 1.21. The van der Waals surface area contributed by atoms with Gasteiger partial charge in [-0.1, -0.05) is 19.3 Å². The molecule has 0 radical (unpaired) electrons. The van der Waals surface area contributed by atoms with Gasteiger partial charge in [-0.2, -0.15) is 0 Å². The number of allylic oxidation sites excluding steroid dienone is 1. The maximum absolute atomic E-state index is 12.3. The lowest BCUT2D eigenvalue weighted by molar-refractivity contribution is 0.00848. The number of hydrogen-bond acceptors (Lipinski definition) is 4. The largest absolute Gasteiger partial charge is 0.444 e. The van der Waals surface area contributed by atoms with Crippen LogP contribution >= 0.6 is 0 Å². The highest BCUT2D eigenvalue weighted by Gasteiger charge is 2.32. The molecule has 1 aliphatic heterocycles. The number of carbonyl (C=O) groups excluding carboxylic acids is 2. The number of likely N-dealkylation sites (tertiary alicyclic amines) is 1. The molecule has 0 bridgehead atoms. The molecule has 0 atom stereocenters. The van der Waals surface area contributed by atoms with Crippen LogP contribution in [0.5, 0.6) is 0 Å². The highest BCUT2D eigenvalue weighted by atomic mass is 16.6. The van der Waals surface area contributed by atoms with Gasteiger partial charge in [0.1, 0.15) is 11.5 Å². The molecule has 2 fully saturated rings. The van der Waals surface area contributed by atoms with Crippen LogP contribution in [-0.2, 0) is 9.53 Å². The van der Waals surface area contributed by atoms with Crippen LogP contribution < -0.4 is 0 Å². The highest BCUT2D eigenvalue weighted by molar-refractivity contribution is 5.68. The molecule has 1 saturated carbocycles. The number of piperidine rings is 1. The van der Waals surface area contributed by atoms with E-state index in [-0.39, 0.29) is 6.09 Å². The van der Waals surface area contributed by atoms with Gasteiger partial charge in [-0.05, 0) is 71.9 Å². The lowest BCUT2D eigenvalue weighted by atomic mass is 9.91. The minimum Gasteiger partial charge on any atom is -0.444 e. The van der Waals surface area contributed by atoms with Gasteiger partial charge in [0.15, 0.2) is 0 Å². The van der Waals surface area contributed by atoms with Crippen molar-refractivity contribution < 1.29 is 14.3 Å². The van der Waals surface area contributed by atoms with Crippen molar-refractivity contribution in [2.24, 2.45) is 0 Å². The molecule has 1 heterocycles. The van der Waals surface area contributed by atoms with Crippen molar-refractivity contribution in [3.05, 3.63) is 6.08 Å². The molecule has 0 aromatic carbocycles. The van der Waals surface area contributed by atoms with Crippen LogP contribution in [0.15, 0.2) is 6.08 Å². The molecule has 0 spiro atoms. The van der Waals surface area contributed by atoms with E-state index in [2.05, 4.69) is 4.90 Å². The van der Waals surface area contributed by atoms with Gasteiger partial charge in [-0.3, -0.25) is 4.90 Å². The van der Waals surface area contributed by atoms with Crippen molar-refractivity contribution in [3.8, 4) is 0 Å². The fourth-order valence-corrected chi connectivity index (χ4v) is 4.22. The second-order valence-corrected chi connectivity index (χ2v) is 8.69. The average molecular weight is 365 g/mol. The van der Waals surface area contributed by atoms with Gasteiger partial charge in [0.25, 0.3) is 0 Å². The maximum Gasteiger partial charge on any atom is 0.410 e. The zero-order chi connectivity index (χ0) is 19.0. The predicted octanol–water partition coefficient (Wildman–Crippen LogP) is 4.19. The molecule has 0 N–H and O–H groups in total. The van der Waals surface area contributed by atoms with E-state index in [0.717, 1.165) is 45.3 Å². The summed E-state index contributed by atoms with van der Waals surface area (Å²) in [7, 11) is 0. The Morgan fingerprint density at radius 2 is 1.73 bits per heavy atom. The summed E-state index contributed by atoms with van der Waals surface area (Å²) < 4.78 is 5.51. The van der Waals surface area contributed by atoms with Crippen molar-refractivity contribution >= 4 is 12.0 Å². The Morgan fingerprint density at radius 3 is 2.31 bits per heavy atom. The SMILES string of the molecule is CC(C)(C)OC(=O)N1CCC(N(CCCC=C=O)C2CCCCC2)CC1. The lowest BCUT2D eigenvalue weighted by Gasteiger charge is -2.43. The molecular weight excluding hydrogens is 328 g/mol. The van der Waals surface area contributed by atoms with Crippen LogP contribution in [0.25, 0.3) is 0 Å². The fraction of sp³-hybridized carbons (Fsp3) is 0.857. The van der Waals surface area contributed by atoms with E-state index < -0.39 is 5.60 Å². The second-order valence-electron chi connectivity index (χ2n) is 8.69. The van der Waals surface area contributed by atoms with Crippen molar-refractivity contribution in [2.45, 2.75) is 96.2 Å². The van der Waals surface area contributed by atoms with E-state index in [1.54, 1.807) is 6.08 Å². The highest BCUT2D eigenvalue weighted by Crippen LogP contribution is 2.28. The Labute approximate surface area is 158 Å². The van der Waals surface area contributed by atoms with E-state index in [4.69, 9.17) is 4.74 Å². The molecule has 0 unspecified atom stereocenters. The summed E-state index contributed by atoms with van der Waals surface area (Å²) in [6.07, 6.45) is 11.8. The topological polar surface area (TPSA) is 49.9 Å². The molecule has 1 aliphatic carbocycles. The molecule has 148 valence electrons. The van der Waals surface area contributed by atoms with Gasteiger partial charge in [0.05, 0.1) is 0 Å². The molecule has 5 heteroatoms. The van der Waals surface area contributed by atoms with E-state index >= 15 is 0 Å². The van der Waals surface area contributed by atoms with Crippen LogP contribution in [0.1, 0.15) is 78.6 Å². The van der Waals surface area contributed by atoms with E-state index in [0.29, 0.717) is 12.1 Å². The Morgan fingerprint density at radius 1 is 1.12 bits per heavy atom. The summed E-state index contributed by atoms with van der Waals surface area (Å²) in [6.45, 7) is 8.33. The number of nitrogens with zero attached hydrogens (tertiary/aromatic N) is 2. The first-order valence-corrected chi connectivity index (χ1v) is 10.3. The number of hydrogen-bond donors (Lipinski definition) is 0. The van der Waals surface area contributed by atoms with Gasteiger partial charge in [0, 0.05) is 25.2 Å². The van der Waals surface area contributed by atoms with Crippen LogP contribution in [0.3, 0.4) is 0 Å². The Kier molecular flexibility index (Phi) is 8.17. The first-order chi connectivity index (χ1) is 12.4. The van der Waals surface area contributed by atoms with Crippen molar-refractivity contribution in [1.29, 1.82) is 0 Å². The standard InChI is InChI=1S/C21H36N2O3/c1-21(2,3)26-20(25)22-15-12-19(13-16-22)23(14-8-5-9-17-24)18-10-6-4-7-11-18/h9,18-19H,4-8,10-16H2,1-3H3. The van der Waals surface area contributed by atoms with E-state index in [1.165, 1.54) is 32.1 Å². The van der Waals surface area contributed by atoms with Crippen LogP contribution in [0, 0.1) is 0 Å². The van der Waals surface area contributed by atoms with Gasteiger partial charge in [-0.15, -0.1) is 0 Å². The number of amides is 1. The first kappa shape index (κ1) is 21.0. The van der Waals surface area contributed by atoms with Gasteiger partial charge < -0.3 is 9.64 Å². The number of carbonyl (C=O) groups is 1.